The summed E-state index contributed by atoms with van der Waals surface area (Å²) in [5, 5.41) is 0. The van der Waals surface area contributed by atoms with Crippen LogP contribution >= 0.6 is 0 Å². The molecule has 0 aliphatic heterocycles. The molecule has 0 heterocycles. The van der Waals surface area contributed by atoms with Crippen molar-refractivity contribution in [2.24, 2.45) is 0 Å². The summed E-state index contributed by atoms with van der Waals surface area (Å²) in [6.45, 7) is 22.0. The van der Waals surface area contributed by atoms with Crippen LogP contribution in [-0.2, 0) is 0 Å². The fraction of sp³-hybridized carbons (Fsp3) is 0.345. The van der Waals surface area contributed by atoms with Crippen molar-refractivity contribution in [2.45, 2.75) is 69.2 Å². The van der Waals surface area contributed by atoms with Crippen LogP contribution in [0.3, 0.4) is 0 Å². The van der Waals surface area contributed by atoms with Crippen LogP contribution in [0.2, 0.25) is 0 Å². The van der Waals surface area contributed by atoms with Gasteiger partial charge in [0.15, 0.2) is 6.29 Å². The minimum absolute atomic E-state index is 0.138. The summed E-state index contributed by atoms with van der Waals surface area (Å²) >= 11 is 0. The van der Waals surface area contributed by atoms with E-state index in [0.717, 1.165) is 23.0 Å². The molecule has 3 rings (SSSR count). The zero-order valence-corrected chi connectivity index (χ0v) is 20.9. The molecule has 31 heavy (non-hydrogen) atoms. The van der Waals surface area contributed by atoms with Crippen LogP contribution in [0.1, 0.15) is 66.0 Å². The number of rotatable bonds is 4. The molecule has 0 saturated carbocycles. The Hall–Kier alpha value is -2.61. The molecule has 0 N–H and O–H groups in total. The summed E-state index contributed by atoms with van der Waals surface area (Å²) in [6, 6.07) is 9.22. The van der Waals surface area contributed by atoms with E-state index in [1.807, 2.05) is 0 Å². The number of aryl methyl sites for hydroxylation is 6. The smallest absolute Gasteiger partial charge is 0.243 e. The Morgan fingerprint density at radius 1 is 0.516 bits per heavy atom. The molecule has 160 valence electrons. The Morgan fingerprint density at radius 2 is 0.839 bits per heavy atom. The van der Waals surface area contributed by atoms with E-state index in [2.05, 4.69) is 93.5 Å². The Labute approximate surface area is 189 Å². The van der Waals surface area contributed by atoms with Gasteiger partial charge in [-0.05, 0) is 80.4 Å². The lowest BCUT2D eigenvalue weighted by atomic mass is 9.32. The number of carbonyl (C=O) groups is 1. The third kappa shape index (κ3) is 3.89. The fourth-order valence-corrected chi connectivity index (χ4v) is 5.71. The maximum Gasteiger partial charge on any atom is 0.243 e. The topological polar surface area (TPSA) is 17.1 Å². The Balaban J connectivity index is 2.54. The van der Waals surface area contributed by atoms with E-state index < -0.39 is 0 Å². The minimum atomic E-state index is 0.138. The summed E-state index contributed by atoms with van der Waals surface area (Å²) in [4.78, 5) is 11.9. The molecule has 0 aromatic heterocycles. The normalized spacial score (nSPS) is 11.0. The molecule has 0 spiro atoms. The van der Waals surface area contributed by atoms with E-state index in [-0.39, 0.29) is 6.71 Å². The van der Waals surface area contributed by atoms with Crippen molar-refractivity contribution in [1.82, 2.24) is 0 Å². The van der Waals surface area contributed by atoms with E-state index in [1.165, 1.54) is 60.9 Å². The molecule has 0 radical (unpaired) electrons. The average molecular weight is 410 g/mol. The second-order valence-corrected chi connectivity index (χ2v) is 9.50. The van der Waals surface area contributed by atoms with Crippen LogP contribution in [0.4, 0.5) is 0 Å². The van der Waals surface area contributed by atoms with Gasteiger partial charge in [0, 0.05) is 5.56 Å². The number of hydrogen-bond acceptors (Lipinski definition) is 1. The van der Waals surface area contributed by atoms with Gasteiger partial charge >= 0.3 is 0 Å². The molecule has 1 nitrogen and oxygen atoms in total. The van der Waals surface area contributed by atoms with Gasteiger partial charge in [0.2, 0.25) is 6.71 Å². The van der Waals surface area contributed by atoms with E-state index >= 15 is 0 Å². The average Bonchev–Trinajstić information content (AvgIpc) is 2.65. The van der Waals surface area contributed by atoms with Crippen molar-refractivity contribution >= 4 is 29.4 Å². The molecule has 3 aromatic rings. The molecule has 0 saturated heterocycles. The van der Waals surface area contributed by atoms with Gasteiger partial charge in [-0.3, -0.25) is 4.79 Å². The van der Waals surface area contributed by atoms with Crippen molar-refractivity contribution in [3.8, 4) is 0 Å². The molecule has 0 fully saturated rings. The molecule has 0 aliphatic carbocycles. The van der Waals surface area contributed by atoms with Crippen LogP contribution in [0.5, 0.6) is 0 Å². The zero-order chi connectivity index (χ0) is 23.2. The first-order chi connectivity index (χ1) is 14.5. The lowest BCUT2D eigenvalue weighted by Crippen LogP contribution is -2.57. The number of carbonyl (C=O) groups excluding carboxylic acids is 1. The van der Waals surface area contributed by atoms with E-state index in [4.69, 9.17) is 0 Å². The third-order valence-corrected chi connectivity index (χ3v) is 7.20. The maximum atomic E-state index is 11.9. The van der Waals surface area contributed by atoms with Crippen molar-refractivity contribution < 1.29 is 4.79 Å². The van der Waals surface area contributed by atoms with Gasteiger partial charge in [-0.15, -0.1) is 0 Å². The second-order valence-electron chi connectivity index (χ2n) is 9.50. The summed E-state index contributed by atoms with van der Waals surface area (Å²) in [6.07, 6.45) is 1.02. The molecule has 0 unspecified atom stereocenters. The van der Waals surface area contributed by atoms with Crippen LogP contribution in [0.25, 0.3) is 0 Å². The predicted octanol–water partition coefficient (Wildman–Crippen LogP) is 5.10. The van der Waals surface area contributed by atoms with E-state index in [1.54, 1.807) is 0 Å². The van der Waals surface area contributed by atoms with E-state index in [0.29, 0.717) is 0 Å². The lowest BCUT2D eigenvalue weighted by molar-refractivity contribution is 0.112. The van der Waals surface area contributed by atoms with Crippen molar-refractivity contribution in [1.29, 1.82) is 0 Å². The number of aldehydes is 1. The summed E-state index contributed by atoms with van der Waals surface area (Å²) in [5.41, 5.74) is 17.6. The van der Waals surface area contributed by atoms with Gasteiger partial charge in [0.05, 0.1) is 0 Å². The van der Waals surface area contributed by atoms with Gasteiger partial charge in [0.25, 0.3) is 0 Å². The van der Waals surface area contributed by atoms with Gasteiger partial charge in [-0.2, -0.15) is 0 Å². The third-order valence-electron chi connectivity index (χ3n) is 7.20. The molecule has 3 aromatic carbocycles. The SMILES string of the molecule is Cc1cc(C)c(B(c2c(C)cc(C)cc2C)c2c(C)c(C)c(C=O)c(C)c2C)c(C)c1. The Kier molecular flexibility index (Phi) is 6.32. The first-order valence-corrected chi connectivity index (χ1v) is 11.2. The zero-order valence-electron chi connectivity index (χ0n) is 20.9. The number of hydrogen-bond donors (Lipinski definition) is 0. The highest BCUT2D eigenvalue weighted by molar-refractivity contribution is 6.97. The maximum absolute atomic E-state index is 11.9. The van der Waals surface area contributed by atoms with Gasteiger partial charge < -0.3 is 0 Å². The van der Waals surface area contributed by atoms with Gasteiger partial charge in [0.1, 0.15) is 0 Å². The van der Waals surface area contributed by atoms with Crippen LogP contribution in [0, 0.1) is 69.2 Å². The van der Waals surface area contributed by atoms with Crippen LogP contribution in [-0.4, -0.2) is 13.0 Å². The largest absolute Gasteiger partial charge is 0.298 e. The monoisotopic (exact) mass is 410 g/mol. The van der Waals surface area contributed by atoms with Gasteiger partial charge in [-0.1, -0.05) is 85.2 Å². The molecular formula is C29H35BO. The van der Waals surface area contributed by atoms with Crippen LogP contribution in [0.15, 0.2) is 24.3 Å². The Morgan fingerprint density at radius 3 is 1.13 bits per heavy atom. The first kappa shape index (κ1) is 23.1. The second kappa shape index (κ2) is 8.50. The molecule has 0 atom stereocenters. The van der Waals surface area contributed by atoms with Crippen molar-refractivity contribution in [2.75, 3.05) is 0 Å². The quantitative estimate of drug-likeness (QED) is 0.432. The summed E-state index contributed by atoms with van der Waals surface area (Å²) in [5.74, 6) is 0. The highest BCUT2D eigenvalue weighted by Gasteiger charge is 2.32. The first-order valence-electron chi connectivity index (χ1n) is 11.2. The standard InChI is InChI=1S/C29H35BO/c1-16-11-18(3)27(19(4)12-16)30(28-20(5)13-17(2)14-21(28)6)29-24(9)22(7)26(15-31)23(8)25(29)10/h11-15H,1-10H3. The molecule has 2 heteroatoms. The lowest BCUT2D eigenvalue weighted by Gasteiger charge is -2.29. The van der Waals surface area contributed by atoms with Crippen molar-refractivity contribution in [3.63, 3.8) is 0 Å². The Bertz CT molecular complexity index is 1070. The predicted molar refractivity (Wildman–Crippen MR) is 137 cm³/mol. The van der Waals surface area contributed by atoms with E-state index in [9.17, 15) is 4.79 Å². The molecule has 0 aliphatic rings. The summed E-state index contributed by atoms with van der Waals surface area (Å²) in [7, 11) is 0. The highest BCUT2D eigenvalue weighted by atomic mass is 16.1. The minimum Gasteiger partial charge on any atom is -0.298 e. The van der Waals surface area contributed by atoms with Gasteiger partial charge in [-0.25, -0.2) is 0 Å². The van der Waals surface area contributed by atoms with Crippen LogP contribution < -0.4 is 16.4 Å². The summed E-state index contributed by atoms with van der Waals surface area (Å²) < 4.78 is 0. The van der Waals surface area contributed by atoms with Crippen molar-refractivity contribution in [3.05, 3.63) is 85.5 Å². The highest BCUT2D eigenvalue weighted by Crippen LogP contribution is 2.21. The molecular weight excluding hydrogens is 375 g/mol. The number of benzene rings is 3. The molecule has 0 amide bonds. The molecule has 0 bridgehead atoms. The fourth-order valence-electron chi connectivity index (χ4n) is 5.71.